The van der Waals surface area contributed by atoms with Crippen LogP contribution in [0.5, 0.6) is 5.75 Å². The summed E-state index contributed by atoms with van der Waals surface area (Å²) < 4.78 is 6.16. The van der Waals surface area contributed by atoms with Crippen LogP contribution >= 0.6 is 11.3 Å². The third kappa shape index (κ3) is 7.93. The number of aromatic nitrogens is 2. The fourth-order valence-electron chi connectivity index (χ4n) is 6.08. The lowest BCUT2D eigenvalue weighted by Crippen LogP contribution is -2.59. The number of carbonyl (C=O) groups is 3. The largest absolute Gasteiger partial charge is 0.490 e. The van der Waals surface area contributed by atoms with E-state index in [4.69, 9.17) is 4.74 Å². The molecule has 2 N–H and O–H groups in total. The lowest BCUT2D eigenvalue weighted by atomic mass is 9.95. The summed E-state index contributed by atoms with van der Waals surface area (Å²) in [5.74, 6) is -0.637. The van der Waals surface area contributed by atoms with Gasteiger partial charge < -0.3 is 20.1 Å². The van der Waals surface area contributed by atoms with Crippen molar-refractivity contribution in [2.24, 2.45) is 5.92 Å². The second-order valence-electron chi connectivity index (χ2n) is 13.8. The Kier molecular flexibility index (Phi) is 9.91. The standard InChI is InChI=1S/C38H42N4O5S/c1-38(2,3)33-18-17-32(48-33)35(43)41-31(36(44)42-22-28(23-42)37(45)46)19-24-9-11-26(12-10-24)34-39-20-27(21-40-34)25-13-15-30(16-14-25)47-29-7-5-4-6-8-29/h9-18,20-21,28-29,31H,4-8,19,22-23H2,1-3H3,(H,41,43)(H,45,46). The average molecular weight is 667 g/mol. The number of benzene rings is 2. The number of carbonyl (C=O) groups excluding carboxylic acids is 2. The summed E-state index contributed by atoms with van der Waals surface area (Å²) in [7, 11) is 0. The van der Waals surface area contributed by atoms with E-state index in [0.717, 1.165) is 45.7 Å². The molecular formula is C38H42N4O5S. The van der Waals surface area contributed by atoms with Gasteiger partial charge in [-0.2, -0.15) is 0 Å². The van der Waals surface area contributed by atoms with E-state index in [9.17, 15) is 19.5 Å². The number of aliphatic carboxylic acids is 1. The van der Waals surface area contributed by atoms with Crippen LogP contribution in [0.1, 0.15) is 73.0 Å². The first-order valence-corrected chi connectivity index (χ1v) is 17.5. The molecule has 1 aliphatic heterocycles. The molecule has 3 heterocycles. The molecule has 1 aliphatic carbocycles. The van der Waals surface area contributed by atoms with Gasteiger partial charge in [-0.25, -0.2) is 9.97 Å². The fraction of sp³-hybridized carbons (Fsp3) is 0.395. The Morgan fingerprint density at radius 3 is 2.15 bits per heavy atom. The third-order valence-electron chi connectivity index (χ3n) is 9.06. The summed E-state index contributed by atoms with van der Waals surface area (Å²) in [4.78, 5) is 50.4. The molecule has 1 atom stereocenters. The lowest BCUT2D eigenvalue weighted by Gasteiger charge is -2.38. The van der Waals surface area contributed by atoms with E-state index >= 15 is 0 Å². The topological polar surface area (TPSA) is 122 Å². The number of ether oxygens (including phenoxy) is 1. The van der Waals surface area contributed by atoms with E-state index in [-0.39, 0.29) is 36.7 Å². The highest BCUT2D eigenvalue weighted by molar-refractivity contribution is 7.14. The Labute approximate surface area is 285 Å². The molecule has 2 fully saturated rings. The molecule has 2 aromatic carbocycles. The molecule has 9 nitrogen and oxygen atoms in total. The van der Waals surface area contributed by atoms with Gasteiger partial charge in [0.15, 0.2) is 5.82 Å². The molecule has 1 saturated carbocycles. The quantitative estimate of drug-likeness (QED) is 0.192. The highest BCUT2D eigenvalue weighted by atomic mass is 32.1. The molecule has 0 spiro atoms. The number of hydrogen-bond acceptors (Lipinski definition) is 7. The first-order valence-electron chi connectivity index (χ1n) is 16.6. The molecule has 1 unspecified atom stereocenters. The van der Waals surface area contributed by atoms with Crippen LogP contribution in [0.3, 0.4) is 0 Å². The molecule has 0 bridgehead atoms. The SMILES string of the molecule is CC(C)(C)c1ccc(C(=O)NC(Cc2ccc(-c3ncc(-c4ccc(OC5CCCCC5)cc4)cn3)cc2)C(=O)N2CC(C(=O)O)C2)s1. The van der Waals surface area contributed by atoms with E-state index in [1.165, 1.54) is 35.5 Å². The average Bonchev–Trinajstić information content (AvgIpc) is 3.57. The van der Waals surface area contributed by atoms with Gasteiger partial charge in [0.1, 0.15) is 11.8 Å². The Morgan fingerprint density at radius 1 is 0.896 bits per heavy atom. The number of likely N-dealkylation sites (tertiary alicyclic amines) is 1. The third-order valence-corrected chi connectivity index (χ3v) is 10.6. The highest BCUT2D eigenvalue weighted by Crippen LogP contribution is 2.30. The zero-order valence-corrected chi connectivity index (χ0v) is 28.5. The van der Waals surface area contributed by atoms with Crippen molar-refractivity contribution in [1.29, 1.82) is 0 Å². The van der Waals surface area contributed by atoms with E-state index in [1.54, 1.807) is 6.07 Å². The summed E-state index contributed by atoms with van der Waals surface area (Å²) in [6.07, 6.45) is 10.2. The van der Waals surface area contributed by atoms with E-state index < -0.39 is 17.9 Å². The molecule has 2 aromatic heterocycles. The number of hydrogen-bond donors (Lipinski definition) is 2. The van der Waals surface area contributed by atoms with E-state index in [1.807, 2.05) is 67.0 Å². The zero-order valence-electron chi connectivity index (χ0n) is 27.6. The zero-order chi connectivity index (χ0) is 33.8. The van der Waals surface area contributed by atoms with Gasteiger partial charge in [-0.15, -0.1) is 11.3 Å². The minimum Gasteiger partial charge on any atom is -0.490 e. The monoisotopic (exact) mass is 666 g/mol. The molecule has 48 heavy (non-hydrogen) atoms. The smallest absolute Gasteiger partial charge is 0.310 e. The van der Waals surface area contributed by atoms with Crippen LogP contribution in [0.25, 0.3) is 22.5 Å². The van der Waals surface area contributed by atoms with Gasteiger partial charge in [0.2, 0.25) is 5.91 Å². The minimum absolute atomic E-state index is 0.0947. The molecule has 6 rings (SSSR count). The van der Waals surface area contributed by atoms with Crippen LogP contribution in [-0.2, 0) is 21.4 Å². The Hall–Kier alpha value is -4.57. The van der Waals surface area contributed by atoms with Crippen molar-refractivity contribution in [2.45, 2.75) is 76.9 Å². The maximum Gasteiger partial charge on any atom is 0.310 e. The Morgan fingerprint density at radius 2 is 1.54 bits per heavy atom. The normalized spacial score (nSPS) is 16.2. The van der Waals surface area contributed by atoms with Crippen LogP contribution in [0.4, 0.5) is 0 Å². The molecule has 2 amide bonds. The van der Waals surface area contributed by atoms with Crippen LogP contribution in [0.15, 0.2) is 73.1 Å². The van der Waals surface area contributed by atoms with Crippen molar-refractivity contribution < 1.29 is 24.2 Å². The van der Waals surface area contributed by atoms with Gasteiger partial charge in [0.25, 0.3) is 5.91 Å². The van der Waals surface area contributed by atoms with Crippen molar-refractivity contribution in [3.8, 4) is 28.3 Å². The molecular weight excluding hydrogens is 625 g/mol. The predicted molar refractivity (Wildman–Crippen MR) is 186 cm³/mol. The van der Waals surface area contributed by atoms with Crippen LogP contribution in [0.2, 0.25) is 0 Å². The minimum atomic E-state index is -0.920. The van der Waals surface area contributed by atoms with Gasteiger partial charge in [-0.05, 0) is 66.5 Å². The van der Waals surface area contributed by atoms with Gasteiger partial charge in [-0.1, -0.05) is 63.6 Å². The molecule has 10 heteroatoms. The van der Waals surface area contributed by atoms with Crippen LogP contribution < -0.4 is 10.1 Å². The van der Waals surface area contributed by atoms with Crippen molar-refractivity contribution in [1.82, 2.24) is 20.2 Å². The summed E-state index contributed by atoms with van der Waals surface area (Å²) >= 11 is 1.41. The lowest BCUT2D eigenvalue weighted by molar-refractivity contribution is -0.153. The number of nitrogens with one attached hydrogen (secondary N) is 1. The van der Waals surface area contributed by atoms with Crippen molar-refractivity contribution in [3.63, 3.8) is 0 Å². The van der Waals surface area contributed by atoms with Crippen LogP contribution in [0, 0.1) is 5.92 Å². The number of thiophene rings is 1. The van der Waals surface area contributed by atoms with Crippen molar-refractivity contribution >= 4 is 29.1 Å². The van der Waals surface area contributed by atoms with Crippen molar-refractivity contribution in [3.05, 3.63) is 88.4 Å². The fourth-order valence-corrected chi connectivity index (χ4v) is 7.05. The second-order valence-corrected chi connectivity index (χ2v) is 14.9. The first kappa shape index (κ1) is 33.3. The van der Waals surface area contributed by atoms with Gasteiger partial charge in [0.05, 0.1) is 16.9 Å². The molecule has 1 saturated heterocycles. The number of rotatable bonds is 10. The maximum atomic E-state index is 13.5. The van der Waals surface area contributed by atoms with Gasteiger partial charge in [0, 0.05) is 47.9 Å². The number of carboxylic acids is 1. The first-order chi connectivity index (χ1) is 23.0. The summed E-state index contributed by atoms with van der Waals surface area (Å²) in [6.45, 7) is 6.54. The number of carboxylic acid groups (broad SMARTS) is 1. The predicted octanol–water partition coefficient (Wildman–Crippen LogP) is 6.77. The summed E-state index contributed by atoms with van der Waals surface area (Å²) in [5, 5.41) is 12.2. The van der Waals surface area contributed by atoms with Gasteiger partial charge >= 0.3 is 5.97 Å². The maximum absolute atomic E-state index is 13.5. The van der Waals surface area contributed by atoms with E-state index in [0.29, 0.717) is 16.8 Å². The summed E-state index contributed by atoms with van der Waals surface area (Å²) in [5.41, 5.74) is 3.51. The van der Waals surface area contributed by atoms with E-state index in [2.05, 4.69) is 36.1 Å². The molecule has 4 aromatic rings. The Balaban J connectivity index is 1.11. The molecule has 2 aliphatic rings. The highest BCUT2D eigenvalue weighted by Gasteiger charge is 2.39. The second kappa shape index (κ2) is 14.3. The molecule has 0 radical (unpaired) electrons. The van der Waals surface area contributed by atoms with Crippen LogP contribution in [-0.4, -0.2) is 63.0 Å². The van der Waals surface area contributed by atoms with Crippen molar-refractivity contribution in [2.75, 3.05) is 13.1 Å². The van der Waals surface area contributed by atoms with Gasteiger partial charge in [-0.3, -0.25) is 14.4 Å². The Bertz CT molecular complexity index is 1730. The molecule has 250 valence electrons. The number of amides is 2. The number of nitrogens with zero attached hydrogens (tertiary/aromatic N) is 3. The summed E-state index contributed by atoms with van der Waals surface area (Å²) in [6, 6.07) is 18.6.